The zero-order valence-corrected chi connectivity index (χ0v) is 12.6. The van der Waals surface area contributed by atoms with Gasteiger partial charge in [-0.25, -0.2) is 4.79 Å². The highest BCUT2D eigenvalue weighted by molar-refractivity contribution is 6.02. The summed E-state index contributed by atoms with van der Waals surface area (Å²) in [5, 5.41) is 20.5. The Labute approximate surface area is 131 Å². The number of H-pyrrole nitrogens is 1. The van der Waals surface area contributed by atoms with Crippen molar-refractivity contribution in [3.05, 3.63) is 51.2 Å². The number of aromatic nitrogens is 1. The Balaban J connectivity index is 2.32. The number of non-ortho nitro benzene ring substituents is 1. The lowest BCUT2D eigenvalue weighted by Gasteiger charge is -2.02. The molecule has 0 bridgehead atoms. The summed E-state index contributed by atoms with van der Waals surface area (Å²) in [7, 11) is 0. The van der Waals surface area contributed by atoms with Crippen LogP contribution in [0.15, 0.2) is 29.3 Å². The van der Waals surface area contributed by atoms with E-state index in [4.69, 9.17) is 4.74 Å². The van der Waals surface area contributed by atoms with Crippen LogP contribution < -0.4 is 0 Å². The van der Waals surface area contributed by atoms with Crippen molar-refractivity contribution in [2.45, 2.75) is 13.8 Å². The molecule has 0 spiro atoms. The van der Waals surface area contributed by atoms with E-state index in [9.17, 15) is 20.0 Å². The van der Waals surface area contributed by atoms with Crippen LogP contribution in [0.4, 0.5) is 11.4 Å². The molecule has 120 valence electrons. The van der Waals surface area contributed by atoms with Gasteiger partial charge in [0.15, 0.2) is 5.88 Å². The summed E-state index contributed by atoms with van der Waals surface area (Å²) in [4.78, 5) is 28.8. The molecule has 1 aromatic carbocycles. The Morgan fingerprint density at radius 3 is 2.65 bits per heavy atom. The number of aromatic amines is 1. The largest absolute Gasteiger partial charge is 0.494 e. The maximum atomic E-state index is 11.9. The van der Waals surface area contributed by atoms with Crippen molar-refractivity contribution in [1.82, 2.24) is 4.98 Å². The van der Waals surface area contributed by atoms with E-state index in [0.29, 0.717) is 11.4 Å². The number of ether oxygens (including phenoxy) is 1. The number of rotatable bonds is 5. The van der Waals surface area contributed by atoms with Crippen LogP contribution in [0.2, 0.25) is 0 Å². The molecule has 0 radical (unpaired) electrons. The lowest BCUT2D eigenvalue weighted by atomic mass is 10.1. The fourth-order valence-corrected chi connectivity index (χ4v) is 2.02. The number of nitro benzene ring substituents is 1. The van der Waals surface area contributed by atoms with Gasteiger partial charge in [0.2, 0.25) is 0 Å². The molecular formula is C15H15N3O5. The molecule has 8 heteroatoms. The first-order chi connectivity index (χ1) is 10.9. The van der Waals surface area contributed by atoms with Crippen molar-refractivity contribution in [1.29, 1.82) is 0 Å². The summed E-state index contributed by atoms with van der Waals surface area (Å²) in [5.41, 5.74) is 1.28. The number of aromatic hydroxyl groups is 1. The molecule has 0 fully saturated rings. The summed E-state index contributed by atoms with van der Waals surface area (Å²) in [6.07, 6.45) is 1.31. The summed E-state index contributed by atoms with van der Waals surface area (Å²) in [5.74, 6) is -0.761. The SMILES string of the molecule is CCOC(=O)c1c(C)[nH]c(O)c1C=Nc1ccc([N+](=O)[O-])cc1. The van der Waals surface area contributed by atoms with Crippen LogP contribution >= 0.6 is 0 Å². The van der Waals surface area contributed by atoms with E-state index in [2.05, 4.69) is 9.98 Å². The first-order valence-electron chi connectivity index (χ1n) is 6.81. The third-order valence-corrected chi connectivity index (χ3v) is 3.09. The molecule has 0 aliphatic rings. The van der Waals surface area contributed by atoms with E-state index in [0.717, 1.165) is 0 Å². The molecule has 23 heavy (non-hydrogen) atoms. The van der Waals surface area contributed by atoms with Gasteiger partial charge in [0, 0.05) is 24.0 Å². The lowest BCUT2D eigenvalue weighted by Crippen LogP contribution is -2.07. The van der Waals surface area contributed by atoms with Crippen LogP contribution in [0.1, 0.15) is 28.5 Å². The predicted octanol–water partition coefficient (Wildman–Crippen LogP) is 2.86. The molecule has 8 nitrogen and oxygen atoms in total. The zero-order valence-electron chi connectivity index (χ0n) is 12.6. The number of aliphatic imine (C=N–C) groups is 1. The van der Waals surface area contributed by atoms with Crippen LogP contribution in [0, 0.1) is 17.0 Å². The van der Waals surface area contributed by atoms with Gasteiger partial charge in [0.25, 0.3) is 5.69 Å². The summed E-state index contributed by atoms with van der Waals surface area (Å²) in [6, 6.07) is 5.58. The predicted molar refractivity (Wildman–Crippen MR) is 83.5 cm³/mol. The third kappa shape index (κ3) is 3.54. The van der Waals surface area contributed by atoms with Gasteiger partial charge in [0.1, 0.15) is 0 Å². The molecule has 0 aliphatic carbocycles. The second-order valence-electron chi connectivity index (χ2n) is 4.64. The smallest absolute Gasteiger partial charge is 0.340 e. The van der Waals surface area contributed by atoms with E-state index in [-0.39, 0.29) is 29.3 Å². The minimum Gasteiger partial charge on any atom is -0.494 e. The van der Waals surface area contributed by atoms with E-state index in [1.54, 1.807) is 13.8 Å². The summed E-state index contributed by atoms with van der Waals surface area (Å²) >= 11 is 0. The van der Waals surface area contributed by atoms with Gasteiger partial charge in [-0.05, 0) is 26.0 Å². The standard InChI is InChI=1S/C15H15N3O5/c1-3-23-15(20)13-9(2)17-14(19)12(13)8-16-10-4-6-11(7-5-10)18(21)22/h4-8,17,19H,3H2,1-2H3. The van der Waals surface area contributed by atoms with E-state index in [1.807, 2.05) is 0 Å². The van der Waals surface area contributed by atoms with Gasteiger partial charge in [0.05, 0.1) is 28.3 Å². The van der Waals surface area contributed by atoms with Gasteiger partial charge in [-0.1, -0.05) is 0 Å². The van der Waals surface area contributed by atoms with Gasteiger partial charge in [-0.2, -0.15) is 0 Å². The van der Waals surface area contributed by atoms with Crippen LogP contribution in [-0.2, 0) is 4.74 Å². The third-order valence-electron chi connectivity index (χ3n) is 3.09. The quantitative estimate of drug-likeness (QED) is 0.380. The fourth-order valence-electron chi connectivity index (χ4n) is 2.02. The van der Waals surface area contributed by atoms with Crippen molar-refractivity contribution in [2.75, 3.05) is 6.61 Å². The van der Waals surface area contributed by atoms with Crippen molar-refractivity contribution in [2.24, 2.45) is 4.99 Å². The second kappa shape index (κ2) is 6.73. The Bertz CT molecular complexity index is 762. The number of esters is 1. The van der Waals surface area contributed by atoms with E-state index < -0.39 is 10.9 Å². The number of nitrogens with one attached hydrogen (secondary N) is 1. The highest BCUT2D eigenvalue weighted by Gasteiger charge is 2.20. The topological polar surface area (TPSA) is 118 Å². The highest BCUT2D eigenvalue weighted by Crippen LogP contribution is 2.25. The van der Waals surface area contributed by atoms with Crippen LogP contribution in [-0.4, -0.2) is 33.8 Å². The van der Waals surface area contributed by atoms with Crippen molar-refractivity contribution < 1.29 is 19.6 Å². The Hall–Kier alpha value is -3.16. The number of aryl methyl sites for hydroxylation is 1. The van der Waals surface area contributed by atoms with Gasteiger partial charge >= 0.3 is 5.97 Å². The number of hydrogen-bond acceptors (Lipinski definition) is 6. The second-order valence-corrected chi connectivity index (χ2v) is 4.64. The summed E-state index contributed by atoms with van der Waals surface area (Å²) < 4.78 is 4.95. The van der Waals surface area contributed by atoms with Crippen LogP contribution in [0.25, 0.3) is 0 Å². The first kappa shape index (κ1) is 16.2. The molecule has 0 aliphatic heterocycles. The molecule has 0 saturated heterocycles. The molecule has 0 atom stereocenters. The van der Waals surface area contributed by atoms with Crippen molar-refractivity contribution >= 4 is 23.6 Å². The Morgan fingerprint density at radius 1 is 1.43 bits per heavy atom. The van der Waals surface area contributed by atoms with Gasteiger partial charge in [-0.3, -0.25) is 15.1 Å². The van der Waals surface area contributed by atoms with Crippen molar-refractivity contribution in [3.63, 3.8) is 0 Å². The average Bonchev–Trinajstić information content (AvgIpc) is 2.79. The van der Waals surface area contributed by atoms with Crippen molar-refractivity contribution in [3.8, 4) is 5.88 Å². The summed E-state index contributed by atoms with van der Waals surface area (Å²) in [6.45, 7) is 3.53. The van der Waals surface area contributed by atoms with Crippen LogP contribution in [0.3, 0.4) is 0 Å². The molecule has 0 unspecified atom stereocenters. The molecule has 2 N–H and O–H groups in total. The highest BCUT2D eigenvalue weighted by atomic mass is 16.6. The molecule has 1 heterocycles. The Kier molecular flexibility index (Phi) is 4.75. The monoisotopic (exact) mass is 317 g/mol. The molecule has 2 rings (SSSR count). The zero-order chi connectivity index (χ0) is 17.0. The maximum absolute atomic E-state index is 11.9. The maximum Gasteiger partial charge on any atom is 0.340 e. The Morgan fingerprint density at radius 2 is 2.09 bits per heavy atom. The van der Waals surface area contributed by atoms with E-state index in [1.165, 1.54) is 30.5 Å². The lowest BCUT2D eigenvalue weighted by molar-refractivity contribution is -0.384. The van der Waals surface area contributed by atoms with Gasteiger partial charge < -0.3 is 14.8 Å². The number of carbonyl (C=O) groups is 1. The number of nitrogens with zero attached hydrogens (tertiary/aromatic N) is 2. The first-order valence-corrected chi connectivity index (χ1v) is 6.81. The average molecular weight is 317 g/mol. The molecular weight excluding hydrogens is 302 g/mol. The minimum atomic E-state index is -0.563. The molecule has 0 saturated carbocycles. The number of nitro groups is 1. The number of carbonyl (C=O) groups excluding carboxylic acids is 1. The van der Waals surface area contributed by atoms with Crippen LogP contribution in [0.5, 0.6) is 5.88 Å². The van der Waals surface area contributed by atoms with E-state index >= 15 is 0 Å². The normalized spacial score (nSPS) is 10.9. The fraction of sp³-hybridized carbons (Fsp3) is 0.200. The minimum absolute atomic E-state index is 0.0449. The number of benzene rings is 1. The molecule has 0 amide bonds. The molecule has 2 aromatic rings. The molecule has 1 aromatic heterocycles. The number of hydrogen-bond donors (Lipinski definition) is 2. The van der Waals surface area contributed by atoms with Gasteiger partial charge in [-0.15, -0.1) is 0 Å².